The molecular formula is C17H18ClNO4S. The van der Waals surface area contributed by atoms with Crippen molar-refractivity contribution in [3.63, 3.8) is 0 Å². The number of aliphatic hydroxyl groups excluding tert-OH is 2. The summed E-state index contributed by atoms with van der Waals surface area (Å²) in [6.07, 6.45) is -1.86. The van der Waals surface area contributed by atoms with Crippen LogP contribution in [0.3, 0.4) is 0 Å². The van der Waals surface area contributed by atoms with Gasteiger partial charge >= 0.3 is 0 Å². The molecular weight excluding hydrogens is 350 g/mol. The van der Waals surface area contributed by atoms with Crippen molar-refractivity contribution >= 4 is 21.6 Å². The lowest BCUT2D eigenvalue weighted by molar-refractivity contribution is 0.0338. The van der Waals surface area contributed by atoms with Crippen LogP contribution in [0.1, 0.15) is 17.9 Å². The summed E-state index contributed by atoms with van der Waals surface area (Å²) in [5, 5.41) is 20.7. The van der Waals surface area contributed by atoms with Gasteiger partial charge in [-0.05, 0) is 36.2 Å². The molecule has 2 aromatic rings. The van der Waals surface area contributed by atoms with Crippen LogP contribution < -0.4 is 4.72 Å². The summed E-state index contributed by atoms with van der Waals surface area (Å²) in [5.41, 5.74) is 0.872. The van der Waals surface area contributed by atoms with E-state index in [1.54, 1.807) is 0 Å². The van der Waals surface area contributed by atoms with Crippen LogP contribution in [0, 0.1) is 0 Å². The summed E-state index contributed by atoms with van der Waals surface area (Å²) in [6, 6.07) is 14.3. The zero-order chi connectivity index (χ0) is 17.3. The van der Waals surface area contributed by atoms with Gasteiger partial charge in [0.05, 0.1) is 23.1 Å². The number of hydrogen-bond donors (Lipinski definition) is 3. The van der Waals surface area contributed by atoms with Crippen LogP contribution in [-0.4, -0.2) is 36.9 Å². The first-order chi connectivity index (χ1) is 11.4. The second-order valence-electron chi connectivity index (χ2n) is 5.91. The van der Waals surface area contributed by atoms with Crippen molar-refractivity contribution in [1.29, 1.82) is 0 Å². The topological polar surface area (TPSA) is 86.6 Å². The van der Waals surface area contributed by atoms with Crippen molar-refractivity contribution in [2.24, 2.45) is 0 Å². The summed E-state index contributed by atoms with van der Waals surface area (Å²) in [4.78, 5) is 0.0623. The highest BCUT2D eigenvalue weighted by atomic mass is 35.5. The van der Waals surface area contributed by atoms with E-state index in [0.717, 1.165) is 5.56 Å². The molecule has 0 aromatic heterocycles. The SMILES string of the molecule is O=S(=O)(NC1C(c2ccccc2)CC(O)C1O)c1ccc(Cl)cc1. The van der Waals surface area contributed by atoms with Gasteiger partial charge in [0.25, 0.3) is 0 Å². The van der Waals surface area contributed by atoms with Gasteiger partial charge in [-0.25, -0.2) is 13.1 Å². The molecule has 0 amide bonds. The minimum Gasteiger partial charge on any atom is -0.390 e. The van der Waals surface area contributed by atoms with Gasteiger partial charge in [0.1, 0.15) is 0 Å². The van der Waals surface area contributed by atoms with Gasteiger partial charge in [0.2, 0.25) is 10.0 Å². The largest absolute Gasteiger partial charge is 0.390 e. The zero-order valence-electron chi connectivity index (χ0n) is 12.7. The van der Waals surface area contributed by atoms with Gasteiger partial charge in [-0.3, -0.25) is 0 Å². The predicted molar refractivity (Wildman–Crippen MR) is 91.4 cm³/mol. The van der Waals surface area contributed by atoms with Crippen LogP contribution in [0.5, 0.6) is 0 Å². The Morgan fingerprint density at radius 3 is 2.25 bits per heavy atom. The summed E-state index contributed by atoms with van der Waals surface area (Å²) in [7, 11) is -3.84. The molecule has 1 fully saturated rings. The highest BCUT2D eigenvalue weighted by Gasteiger charge is 2.44. The summed E-state index contributed by atoms with van der Waals surface area (Å²) < 4.78 is 27.7. The number of rotatable bonds is 4. The molecule has 0 saturated heterocycles. The van der Waals surface area contributed by atoms with E-state index in [0.29, 0.717) is 11.4 Å². The van der Waals surface area contributed by atoms with Crippen molar-refractivity contribution in [2.75, 3.05) is 0 Å². The van der Waals surface area contributed by atoms with Crippen molar-refractivity contribution in [3.8, 4) is 0 Å². The molecule has 0 heterocycles. The number of aliphatic hydroxyl groups is 2. The molecule has 1 saturated carbocycles. The maximum atomic E-state index is 12.6. The monoisotopic (exact) mass is 367 g/mol. The van der Waals surface area contributed by atoms with Gasteiger partial charge in [0, 0.05) is 10.9 Å². The van der Waals surface area contributed by atoms with Crippen LogP contribution in [0.2, 0.25) is 5.02 Å². The average molecular weight is 368 g/mol. The maximum absolute atomic E-state index is 12.6. The molecule has 2 aromatic carbocycles. The molecule has 3 N–H and O–H groups in total. The van der Waals surface area contributed by atoms with E-state index < -0.39 is 28.3 Å². The fourth-order valence-electron chi connectivity index (χ4n) is 3.08. The van der Waals surface area contributed by atoms with Crippen LogP contribution in [-0.2, 0) is 10.0 Å². The van der Waals surface area contributed by atoms with Crippen LogP contribution >= 0.6 is 11.6 Å². The minimum absolute atomic E-state index is 0.0623. The van der Waals surface area contributed by atoms with Gasteiger partial charge in [-0.2, -0.15) is 0 Å². The number of nitrogens with one attached hydrogen (secondary N) is 1. The van der Waals surface area contributed by atoms with E-state index >= 15 is 0 Å². The van der Waals surface area contributed by atoms with Gasteiger partial charge in [0.15, 0.2) is 0 Å². The van der Waals surface area contributed by atoms with E-state index in [-0.39, 0.29) is 10.8 Å². The smallest absolute Gasteiger partial charge is 0.240 e. The fourth-order valence-corrected chi connectivity index (χ4v) is 4.50. The predicted octanol–water partition coefficient (Wildman–Crippen LogP) is 1.90. The Bertz CT molecular complexity index is 795. The highest BCUT2D eigenvalue weighted by molar-refractivity contribution is 7.89. The molecule has 1 aliphatic rings. The number of benzene rings is 2. The van der Waals surface area contributed by atoms with E-state index in [1.165, 1.54) is 24.3 Å². The Morgan fingerprint density at radius 2 is 1.62 bits per heavy atom. The molecule has 7 heteroatoms. The molecule has 24 heavy (non-hydrogen) atoms. The third-order valence-corrected chi connectivity index (χ3v) is 6.06. The molecule has 3 rings (SSSR count). The van der Waals surface area contributed by atoms with Gasteiger partial charge in [-0.1, -0.05) is 41.9 Å². The Hall–Kier alpha value is -1.44. The second-order valence-corrected chi connectivity index (χ2v) is 8.06. The number of sulfonamides is 1. The zero-order valence-corrected chi connectivity index (χ0v) is 14.3. The normalized spacial score (nSPS) is 27.3. The minimum atomic E-state index is -3.84. The first-order valence-electron chi connectivity index (χ1n) is 7.57. The Morgan fingerprint density at radius 1 is 1.00 bits per heavy atom. The Labute approximate surface area is 146 Å². The quantitative estimate of drug-likeness (QED) is 0.770. The molecule has 128 valence electrons. The second kappa shape index (κ2) is 6.82. The lowest BCUT2D eigenvalue weighted by Crippen LogP contribution is -2.45. The molecule has 0 radical (unpaired) electrons. The third kappa shape index (κ3) is 3.48. The summed E-state index contributed by atoms with van der Waals surface area (Å²) >= 11 is 5.79. The van der Waals surface area contributed by atoms with Crippen molar-refractivity contribution in [1.82, 2.24) is 4.72 Å². The standard InChI is InChI=1S/C17H18ClNO4S/c18-12-6-8-13(9-7-12)24(22,23)19-16-14(10-15(20)17(16)21)11-4-2-1-3-5-11/h1-9,14-17,19-21H,10H2. The Kier molecular flexibility index (Phi) is 4.94. The van der Waals surface area contributed by atoms with Crippen LogP contribution in [0.4, 0.5) is 0 Å². The fraction of sp³-hybridized carbons (Fsp3) is 0.294. The first kappa shape index (κ1) is 17.4. The first-order valence-corrected chi connectivity index (χ1v) is 9.43. The van der Waals surface area contributed by atoms with Gasteiger partial charge < -0.3 is 10.2 Å². The molecule has 5 nitrogen and oxygen atoms in total. The number of hydrogen-bond acceptors (Lipinski definition) is 4. The van der Waals surface area contributed by atoms with Crippen molar-refractivity contribution < 1.29 is 18.6 Å². The highest BCUT2D eigenvalue weighted by Crippen LogP contribution is 2.36. The van der Waals surface area contributed by atoms with Crippen LogP contribution in [0.25, 0.3) is 0 Å². The molecule has 4 unspecified atom stereocenters. The molecule has 4 atom stereocenters. The van der Waals surface area contributed by atoms with E-state index in [9.17, 15) is 18.6 Å². The lowest BCUT2D eigenvalue weighted by atomic mass is 9.94. The summed E-state index contributed by atoms with van der Waals surface area (Å²) in [6.45, 7) is 0. The maximum Gasteiger partial charge on any atom is 0.240 e. The molecule has 0 bridgehead atoms. The van der Waals surface area contributed by atoms with Gasteiger partial charge in [-0.15, -0.1) is 0 Å². The molecule has 1 aliphatic carbocycles. The summed E-state index contributed by atoms with van der Waals surface area (Å²) in [5.74, 6) is -0.307. The van der Waals surface area contributed by atoms with Crippen LogP contribution in [0.15, 0.2) is 59.5 Å². The van der Waals surface area contributed by atoms with E-state index in [4.69, 9.17) is 11.6 Å². The van der Waals surface area contributed by atoms with E-state index in [2.05, 4.69) is 4.72 Å². The van der Waals surface area contributed by atoms with Crippen molar-refractivity contribution in [3.05, 3.63) is 65.2 Å². The van der Waals surface area contributed by atoms with Crippen molar-refractivity contribution in [2.45, 2.75) is 35.5 Å². The third-order valence-electron chi connectivity index (χ3n) is 4.33. The Balaban J connectivity index is 1.89. The average Bonchev–Trinajstić information content (AvgIpc) is 2.84. The number of halogens is 1. The molecule has 0 spiro atoms. The lowest BCUT2D eigenvalue weighted by Gasteiger charge is -2.23. The molecule has 0 aliphatic heterocycles. The van der Waals surface area contributed by atoms with E-state index in [1.807, 2.05) is 30.3 Å².